The van der Waals surface area contributed by atoms with Crippen LogP contribution in [0.1, 0.15) is 32.8 Å². The van der Waals surface area contributed by atoms with Crippen molar-refractivity contribution >= 4 is 34.7 Å². The number of carbonyl (C=O) groups excluding carboxylic acids is 1. The van der Waals surface area contributed by atoms with Gasteiger partial charge < -0.3 is 16.0 Å². The molecule has 27 heavy (non-hydrogen) atoms. The van der Waals surface area contributed by atoms with Crippen LogP contribution in [0.4, 0.5) is 35.0 Å². The molecule has 4 nitrogen and oxygen atoms in total. The van der Waals surface area contributed by atoms with Crippen LogP contribution in [0.3, 0.4) is 0 Å². The summed E-state index contributed by atoms with van der Waals surface area (Å²) in [7, 11) is 0. The van der Waals surface area contributed by atoms with Crippen molar-refractivity contribution < 1.29 is 18.0 Å². The van der Waals surface area contributed by atoms with E-state index in [4.69, 9.17) is 11.6 Å². The van der Waals surface area contributed by atoms with Gasteiger partial charge in [0.15, 0.2) is 0 Å². The molecular formula is C19H21ClF3N3O. The second-order valence-corrected chi connectivity index (χ2v) is 7.12. The maximum Gasteiger partial charge on any atom is 0.417 e. The lowest BCUT2D eigenvalue weighted by molar-refractivity contribution is -0.137. The van der Waals surface area contributed by atoms with Crippen LogP contribution in [0, 0.1) is 0 Å². The minimum Gasteiger partial charge on any atom is -0.380 e. The number of urea groups is 1. The molecule has 2 aromatic rings. The number of benzene rings is 2. The Labute approximate surface area is 161 Å². The zero-order valence-corrected chi connectivity index (χ0v) is 15.9. The standard InChI is InChI=1S/C19H21ClF3N3O/c1-4-18(2,3)26-13-7-5-12(6-8-13)24-17(27)25-14-9-10-16(20)15(11-14)19(21,22)23/h5-11,26H,4H2,1-3H3,(H2,24,25,27). The second kappa shape index (κ2) is 8.08. The molecule has 0 bridgehead atoms. The van der Waals surface area contributed by atoms with Crippen molar-refractivity contribution in [3.63, 3.8) is 0 Å². The van der Waals surface area contributed by atoms with Gasteiger partial charge in [-0.15, -0.1) is 0 Å². The molecule has 0 saturated heterocycles. The minimum absolute atomic E-state index is 0.00722. The van der Waals surface area contributed by atoms with E-state index in [1.165, 1.54) is 6.07 Å². The highest BCUT2D eigenvalue weighted by atomic mass is 35.5. The summed E-state index contributed by atoms with van der Waals surface area (Å²) in [5.41, 5.74) is 0.345. The van der Waals surface area contributed by atoms with Crippen LogP contribution >= 0.6 is 11.6 Å². The second-order valence-electron chi connectivity index (χ2n) is 6.71. The molecule has 0 spiro atoms. The molecule has 2 amide bonds. The lowest BCUT2D eigenvalue weighted by Crippen LogP contribution is -2.29. The van der Waals surface area contributed by atoms with Gasteiger partial charge in [-0.2, -0.15) is 13.2 Å². The predicted molar refractivity (Wildman–Crippen MR) is 104 cm³/mol. The van der Waals surface area contributed by atoms with Gasteiger partial charge in [0.25, 0.3) is 0 Å². The summed E-state index contributed by atoms with van der Waals surface area (Å²) in [6, 6.07) is 9.58. The molecule has 0 saturated carbocycles. The zero-order valence-electron chi connectivity index (χ0n) is 15.2. The van der Waals surface area contributed by atoms with Gasteiger partial charge in [0, 0.05) is 22.6 Å². The lowest BCUT2D eigenvalue weighted by atomic mass is 10.0. The molecule has 0 aliphatic rings. The van der Waals surface area contributed by atoms with Crippen LogP contribution in [0.25, 0.3) is 0 Å². The van der Waals surface area contributed by atoms with Gasteiger partial charge in [-0.25, -0.2) is 4.79 Å². The summed E-state index contributed by atoms with van der Waals surface area (Å²) in [5.74, 6) is 0. The first-order valence-electron chi connectivity index (χ1n) is 8.33. The summed E-state index contributed by atoms with van der Waals surface area (Å²) in [6.45, 7) is 6.23. The zero-order chi connectivity index (χ0) is 20.2. The molecule has 0 fully saturated rings. The highest BCUT2D eigenvalue weighted by Gasteiger charge is 2.33. The van der Waals surface area contributed by atoms with Crippen LogP contribution in [-0.2, 0) is 6.18 Å². The van der Waals surface area contributed by atoms with Gasteiger partial charge in [-0.05, 0) is 62.7 Å². The van der Waals surface area contributed by atoms with E-state index >= 15 is 0 Å². The van der Waals surface area contributed by atoms with Crippen molar-refractivity contribution in [1.82, 2.24) is 0 Å². The normalized spacial score (nSPS) is 11.8. The fraction of sp³-hybridized carbons (Fsp3) is 0.316. The molecule has 0 heterocycles. The first kappa shape index (κ1) is 20.9. The Morgan fingerprint density at radius 1 is 0.963 bits per heavy atom. The van der Waals surface area contributed by atoms with Gasteiger partial charge in [-0.3, -0.25) is 0 Å². The van der Waals surface area contributed by atoms with Crippen LogP contribution < -0.4 is 16.0 Å². The van der Waals surface area contributed by atoms with Gasteiger partial charge in [0.05, 0.1) is 10.6 Å². The van der Waals surface area contributed by atoms with Gasteiger partial charge in [0.2, 0.25) is 0 Å². The number of halogens is 4. The SMILES string of the molecule is CCC(C)(C)Nc1ccc(NC(=O)Nc2ccc(Cl)c(C(F)(F)F)c2)cc1. The highest BCUT2D eigenvalue weighted by molar-refractivity contribution is 6.31. The molecule has 0 atom stereocenters. The Morgan fingerprint density at radius 2 is 1.48 bits per heavy atom. The fourth-order valence-corrected chi connectivity index (χ4v) is 2.45. The average molecular weight is 400 g/mol. The number of nitrogens with one attached hydrogen (secondary N) is 3. The molecule has 2 rings (SSSR count). The smallest absolute Gasteiger partial charge is 0.380 e. The number of anilines is 3. The molecule has 0 aliphatic carbocycles. The molecule has 146 valence electrons. The minimum atomic E-state index is -4.60. The van der Waals surface area contributed by atoms with Crippen LogP contribution in [0.15, 0.2) is 42.5 Å². The van der Waals surface area contributed by atoms with E-state index in [0.29, 0.717) is 5.69 Å². The molecule has 0 unspecified atom stereocenters. The predicted octanol–water partition coefficient (Wildman–Crippen LogP) is 6.60. The van der Waals surface area contributed by atoms with Crippen molar-refractivity contribution in [2.24, 2.45) is 0 Å². The van der Waals surface area contributed by atoms with Gasteiger partial charge in [0.1, 0.15) is 0 Å². The summed E-state index contributed by atoms with van der Waals surface area (Å²) in [5, 5.41) is 7.89. The van der Waals surface area contributed by atoms with Crippen molar-refractivity contribution in [3.05, 3.63) is 53.1 Å². The molecule has 2 aromatic carbocycles. The van der Waals surface area contributed by atoms with Crippen LogP contribution in [0.2, 0.25) is 5.02 Å². The van der Waals surface area contributed by atoms with Crippen molar-refractivity contribution in [1.29, 1.82) is 0 Å². The largest absolute Gasteiger partial charge is 0.417 e. The number of rotatable bonds is 5. The van der Waals surface area contributed by atoms with Gasteiger partial charge >= 0.3 is 12.2 Å². The molecule has 0 radical (unpaired) electrons. The Balaban J connectivity index is 2.02. The van der Waals surface area contributed by atoms with E-state index in [2.05, 4.69) is 36.7 Å². The van der Waals surface area contributed by atoms with Gasteiger partial charge in [-0.1, -0.05) is 18.5 Å². The first-order valence-corrected chi connectivity index (χ1v) is 8.71. The summed E-state index contributed by atoms with van der Waals surface area (Å²) >= 11 is 5.56. The third-order valence-corrected chi connectivity index (χ3v) is 4.37. The lowest BCUT2D eigenvalue weighted by Gasteiger charge is -2.26. The Kier molecular flexibility index (Phi) is 6.26. The van der Waals surface area contributed by atoms with Crippen molar-refractivity contribution in [2.45, 2.75) is 38.9 Å². The van der Waals surface area contributed by atoms with E-state index in [1.807, 2.05) is 12.1 Å². The number of alkyl halides is 3. The first-order chi connectivity index (χ1) is 12.5. The fourth-order valence-electron chi connectivity index (χ4n) is 2.23. The highest BCUT2D eigenvalue weighted by Crippen LogP contribution is 2.36. The van der Waals surface area contributed by atoms with E-state index in [0.717, 1.165) is 24.2 Å². The maximum atomic E-state index is 12.9. The Hall–Kier alpha value is -2.41. The van der Waals surface area contributed by atoms with Crippen molar-refractivity contribution in [3.8, 4) is 0 Å². The summed E-state index contributed by atoms with van der Waals surface area (Å²) < 4.78 is 38.6. The topological polar surface area (TPSA) is 53.2 Å². The Morgan fingerprint density at radius 3 is 2.04 bits per heavy atom. The van der Waals surface area contributed by atoms with E-state index < -0.39 is 22.8 Å². The summed E-state index contributed by atoms with van der Waals surface area (Å²) in [6.07, 6.45) is -3.66. The monoisotopic (exact) mass is 399 g/mol. The molecule has 0 aliphatic heterocycles. The third-order valence-electron chi connectivity index (χ3n) is 4.04. The molecule has 8 heteroatoms. The van der Waals surface area contributed by atoms with E-state index in [9.17, 15) is 18.0 Å². The number of hydrogen-bond acceptors (Lipinski definition) is 2. The molecular weight excluding hydrogens is 379 g/mol. The molecule has 0 aromatic heterocycles. The average Bonchev–Trinajstić information content (AvgIpc) is 2.57. The van der Waals surface area contributed by atoms with E-state index in [1.54, 1.807) is 12.1 Å². The quantitative estimate of drug-likeness (QED) is 0.530. The van der Waals surface area contributed by atoms with Crippen molar-refractivity contribution in [2.75, 3.05) is 16.0 Å². The van der Waals surface area contributed by atoms with Crippen LogP contribution in [-0.4, -0.2) is 11.6 Å². The number of hydrogen-bond donors (Lipinski definition) is 3. The van der Waals surface area contributed by atoms with E-state index in [-0.39, 0.29) is 11.2 Å². The third kappa shape index (κ3) is 6.06. The summed E-state index contributed by atoms with van der Waals surface area (Å²) in [4.78, 5) is 12.0. The Bertz CT molecular complexity index is 805. The maximum absolute atomic E-state index is 12.9. The number of amides is 2. The number of carbonyl (C=O) groups is 1. The van der Waals surface area contributed by atoms with Crippen LogP contribution in [0.5, 0.6) is 0 Å². The molecule has 3 N–H and O–H groups in total.